The first kappa shape index (κ1) is 13.1. The van der Waals surface area contributed by atoms with E-state index in [0.29, 0.717) is 24.3 Å². The van der Waals surface area contributed by atoms with Gasteiger partial charge >= 0.3 is 5.97 Å². The number of ether oxygens (including phenoxy) is 1. The van der Waals surface area contributed by atoms with Gasteiger partial charge in [0.15, 0.2) is 0 Å². The quantitative estimate of drug-likeness (QED) is 0.456. The van der Waals surface area contributed by atoms with Crippen molar-refractivity contribution >= 4 is 24.5 Å². The van der Waals surface area contributed by atoms with E-state index in [1.165, 1.54) is 0 Å². The number of esters is 1. The highest BCUT2D eigenvalue weighted by Gasteiger charge is 2.35. The molecule has 0 spiro atoms. The van der Waals surface area contributed by atoms with Gasteiger partial charge in [-0.1, -0.05) is 6.58 Å². The number of hydrogen-bond donors (Lipinski definition) is 1. The van der Waals surface area contributed by atoms with E-state index in [4.69, 9.17) is 4.74 Å². The number of thiol groups is 1. The number of likely N-dealkylation sites (tertiary alicyclic amines) is 1. The SMILES string of the molecule is C=C(C)C(=O)N1CCC[C@@H]1C(=O)OCCS. The van der Waals surface area contributed by atoms with E-state index < -0.39 is 6.04 Å². The Bertz CT molecular complexity index is 304. The summed E-state index contributed by atoms with van der Waals surface area (Å²) in [5.74, 6) is -0.00106. The largest absolute Gasteiger partial charge is 0.463 e. The lowest BCUT2D eigenvalue weighted by Gasteiger charge is -2.23. The van der Waals surface area contributed by atoms with Crippen LogP contribution in [0.5, 0.6) is 0 Å². The van der Waals surface area contributed by atoms with E-state index in [1.54, 1.807) is 11.8 Å². The molecule has 0 saturated carbocycles. The van der Waals surface area contributed by atoms with Gasteiger partial charge in [-0.05, 0) is 19.8 Å². The number of rotatable bonds is 4. The highest BCUT2D eigenvalue weighted by molar-refractivity contribution is 7.80. The Morgan fingerprint density at radius 1 is 1.56 bits per heavy atom. The van der Waals surface area contributed by atoms with Gasteiger partial charge in [0.1, 0.15) is 12.6 Å². The van der Waals surface area contributed by atoms with Crippen LogP contribution in [0.1, 0.15) is 19.8 Å². The molecule has 0 aliphatic carbocycles. The van der Waals surface area contributed by atoms with Gasteiger partial charge in [-0.3, -0.25) is 4.79 Å². The van der Waals surface area contributed by atoms with Gasteiger partial charge in [-0.25, -0.2) is 4.79 Å². The number of carbonyl (C=O) groups is 2. The number of hydrogen-bond acceptors (Lipinski definition) is 4. The molecule has 0 aromatic rings. The molecule has 0 N–H and O–H groups in total. The Hall–Kier alpha value is -0.970. The second-order valence-electron chi connectivity index (χ2n) is 3.83. The molecule has 0 aromatic carbocycles. The molecule has 0 unspecified atom stereocenters. The lowest BCUT2D eigenvalue weighted by molar-refractivity contribution is -0.151. The van der Waals surface area contributed by atoms with Gasteiger partial charge in [0.2, 0.25) is 5.91 Å². The fraction of sp³-hybridized carbons (Fsp3) is 0.636. The van der Waals surface area contributed by atoms with Crippen LogP contribution in [0.15, 0.2) is 12.2 Å². The van der Waals surface area contributed by atoms with Crippen LogP contribution < -0.4 is 0 Å². The van der Waals surface area contributed by atoms with E-state index in [2.05, 4.69) is 19.2 Å². The molecule has 1 rings (SSSR count). The van der Waals surface area contributed by atoms with Gasteiger partial charge in [0, 0.05) is 17.9 Å². The molecule has 0 radical (unpaired) electrons. The summed E-state index contributed by atoms with van der Waals surface area (Å²) in [6.07, 6.45) is 1.50. The lowest BCUT2D eigenvalue weighted by atomic mass is 10.2. The van der Waals surface area contributed by atoms with Gasteiger partial charge < -0.3 is 9.64 Å². The van der Waals surface area contributed by atoms with Crippen LogP contribution >= 0.6 is 12.6 Å². The van der Waals surface area contributed by atoms with Crippen LogP contribution in [-0.4, -0.2) is 41.7 Å². The average Bonchev–Trinajstić information content (AvgIpc) is 2.73. The minimum absolute atomic E-state index is 0.162. The van der Waals surface area contributed by atoms with Crippen molar-refractivity contribution in [3.05, 3.63) is 12.2 Å². The van der Waals surface area contributed by atoms with Crippen LogP contribution in [0.3, 0.4) is 0 Å². The summed E-state index contributed by atoms with van der Waals surface area (Å²) in [6, 6.07) is -0.441. The fourth-order valence-corrected chi connectivity index (χ4v) is 1.83. The van der Waals surface area contributed by atoms with Crippen molar-refractivity contribution in [3.63, 3.8) is 0 Å². The van der Waals surface area contributed by atoms with Crippen LogP contribution in [0.2, 0.25) is 0 Å². The summed E-state index contributed by atoms with van der Waals surface area (Å²) in [4.78, 5) is 24.9. The standard InChI is InChI=1S/C11H17NO3S/c1-8(2)10(13)12-5-3-4-9(12)11(14)15-6-7-16/h9,16H,1,3-7H2,2H3/t9-/m1/s1. The van der Waals surface area contributed by atoms with Gasteiger partial charge in [0.05, 0.1) is 0 Å². The molecule has 1 aliphatic heterocycles. The maximum atomic E-state index is 11.7. The lowest BCUT2D eigenvalue weighted by Crippen LogP contribution is -2.41. The van der Waals surface area contributed by atoms with Crippen LogP contribution in [-0.2, 0) is 14.3 Å². The Morgan fingerprint density at radius 3 is 2.81 bits per heavy atom. The molecule has 1 atom stereocenters. The minimum atomic E-state index is -0.441. The van der Waals surface area contributed by atoms with E-state index in [-0.39, 0.29) is 18.5 Å². The fourth-order valence-electron chi connectivity index (χ4n) is 1.74. The summed E-state index contributed by atoms with van der Waals surface area (Å²) in [7, 11) is 0. The van der Waals surface area contributed by atoms with Crippen molar-refractivity contribution < 1.29 is 14.3 Å². The zero-order valence-corrected chi connectivity index (χ0v) is 10.3. The third-order valence-corrected chi connectivity index (χ3v) is 2.67. The highest BCUT2D eigenvalue weighted by Crippen LogP contribution is 2.20. The van der Waals surface area contributed by atoms with E-state index in [9.17, 15) is 9.59 Å². The molecule has 1 amide bonds. The van der Waals surface area contributed by atoms with E-state index in [1.807, 2.05) is 0 Å². The number of nitrogens with zero attached hydrogens (tertiary/aromatic N) is 1. The second-order valence-corrected chi connectivity index (χ2v) is 4.28. The molecule has 0 aromatic heterocycles. The second kappa shape index (κ2) is 5.94. The normalized spacial score (nSPS) is 19.6. The monoisotopic (exact) mass is 243 g/mol. The maximum Gasteiger partial charge on any atom is 0.328 e. The van der Waals surface area contributed by atoms with Crippen molar-refractivity contribution in [1.82, 2.24) is 4.90 Å². The summed E-state index contributed by atoms with van der Waals surface area (Å²) in [5.41, 5.74) is 0.453. The Morgan fingerprint density at radius 2 is 2.25 bits per heavy atom. The number of amides is 1. The maximum absolute atomic E-state index is 11.7. The zero-order valence-electron chi connectivity index (χ0n) is 9.44. The van der Waals surface area contributed by atoms with Crippen molar-refractivity contribution in [2.75, 3.05) is 18.9 Å². The minimum Gasteiger partial charge on any atom is -0.463 e. The Labute approximate surface area is 101 Å². The summed E-state index contributed by atoms with van der Waals surface area (Å²) in [5, 5.41) is 0. The molecule has 1 fully saturated rings. The molecule has 4 nitrogen and oxygen atoms in total. The van der Waals surface area contributed by atoms with Crippen molar-refractivity contribution in [2.45, 2.75) is 25.8 Å². The Balaban J connectivity index is 2.61. The summed E-state index contributed by atoms with van der Waals surface area (Å²) < 4.78 is 5.00. The van der Waals surface area contributed by atoms with E-state index >= 15 is 0 Å². The molecule has 90 valence electrons. The van der Waals surface area contributed by atoms with Crippen LogP contribution in [0, 0.1) is 0 Å². The molecule has 1 heterocycles. The van der Waals surface area contributed by atoms with Crippen molar-refractivity contribution in [1.29, 1.82) is 0 Å². The molecule has 5 heteroatoms. The summed E-state index contributed by atoms with van der Waals surface area (Å²) >= 11 is 3.96. The predicted molar refractivity (Wildman–Crippen MR) is 64.4 cm³/mol. The molecular formula is C11H17NO3S. The Kier molecular flexibility index (Phi) is 4.86. The predicted octanol–water partition coefficient (Wildman–Crippen LogP) is 1.03. The van der Waals surface area contributed by atoms with Gasteiger partial charge in [-0.2, -0.15) is 12.6 Å². The first-order valence-corrected chi connectivity index (χ1v) is 5.95. The van der Waals surface area contributed by atoms with Crippen molar-refractivity contribution in [2.24, 2.45) is 0 Å². The van der Waals surface area contributed by atoms with Crippen molar-refractivity contribution in [3.8, 4) is 0 Å². The molecule has 0 bridgehead atoms. The van der Waals surface area contributed by atoms with E-state index in [0.717, 1.165) is 6.42 Å². The number of carbonyl (C=O) groups excluding carboxylic acids is 2. The molecule has 16 heavy (non-hydrogen) atoms. The molecule has 1 aliphatic rings. The zero-order chi connectivity index (χ0) is 12.1. The van der Waals surface area contributed by atoms with Gasteiger partial charge in [0.25, 0.3) is 0 Å². The topological polar surface area (TPSA) is 46.6 Å². The van der Waals surface area contributed by atoms with Crippen LogP contribution in [0.25, 0.3) is 0 Å². The first-order chi connectivity index (χ1) is 7.57. The average molecular weight is 243 g/mol. The summed E-state index contributed by atoms with van der Waals surface area (Å²) in [6.45, 7) is 6.14. The molecular weight excluding hydrogens is 226 g/mol. The highest BCUT2D eigenvalue weighted by atomic mass is 32.1. The first-order valence-electron chi connectivity index (χ1n) is 5.32. The van der Waals surface area contributed by atoms with Crippen LogP contribution in [0.4, 0.5) is 0 Å². The third-order valence-electron chi connectivity index (χ3n) is 2.49. The third kappa shape index (κ3) is 3.01. The smallest absolute Gasteiger partial charge is 0.328 e. The van der Waals surface area contributed by atoms with Gasteiger partial charge in [-0.15, -0.1) is 0 Å². The molecule has 1 saturated heterocycles.